The average molecular weight is 260 g/mol. The van der Waals surface area contributed by atoms with Crippen LogP contribution in [0.1, 0.15) is 54.9 Å². The Morgan fingerprint density at radius 3 is 2.68 bits per heavy atom. The molecule has 1 amide bonds. The maximum Gasteiger partial charge on any atom is 0.253 e. The van der Waals surface area contributed by atoms with Crippen molar-refractivity contribution in [3.63, 3.8) is 0 Å². The van der Waals surface area contributed by atoms with Crippen molar-refractivity contribution < 1.29 is 4.79 Å². The van der Waals surface area contributed by atoms with E-state index in [2.05, 4.69) is 30.1 Å². The van der Waals surface area contributed by atoms with Crippen LogP contribution in [-0.2, 0) is 0 Å². The van der Waals surface area contributed by atoms with Gasteiger partial charge in [0.1, 0.15) is 0 Å². The monoisotopic (exact) mass is 260 g/mol. The molecule has 1 N–H and O–H groups in total. The lowest BCUT2D eigenvalue weighted by Gasteiger charge is -2.37. The van der Waals surface area contributed by atoms with Gasteiger partial charge in [-0.3, -0.25) is 4.79 Å². The lowest BCUT2D eigenvalue weighted by Crippen LogP contribution is -2.39. The second-order valence-corrected chi connectivity index (χ2v) is 5.35. The number of anilines is 1. The van der Waals surface area contributed by atoms with E-state index in [1.54, 1.807) is 7.05 Å². The molecule has 19 heavy (non-hydrogen) atoms. The van der Waals surface area contributed by atoms with Crippen molar-refractivity contribution in [2.75, 3.05) is 25.0 Å². The molecule has 3 nitrogen and oxygen atoms in total. The molecule has 1 heterocycles. The van der Waals surface area contributed by atoms with Crippen LogP contribution >= 0.6 is 0 Å². The molecule has 1 saturated heterocycles. The average Bonchev–Trinajstić information content (AvgIpc) is 2.36. The van der Waals surface area contributed by atoms with Gasteiger partial charge in [0.15, 0.2) is 0 Å². The van der Waals surface area contributed by atoms with E-state index in [0.29, 0.717) is 5.92 Å². The zero-order valence-electron chi connectivity index (χ0n) is 12.2. The number of para-hydroxylation sites is 1. The van der Waals surface area contributed by atoms with E-state index in [-0.39, 0.29) is 5.91 Å². The molecule has 3 heteroatoms. The number of carbonyl (C=O) groups is 1. The SMILES string of the molecule is CCCC(C)c1cccc(C(=O)NC)c1N1CCC1. The first-order valence-electron chi connectivity index (χ1n) is 7.29. The Bertz CT molecular complexity index is 452. The minimum Gasteiger partial charge on any atom is -0.371 e. The molecule has 0 radical (unpaired) electrons. The summed E-state index contributed by atoms with van der Waals surface area (Å²) in [5.74, 6) is 0.526. The minimum atomic E-state index is 0.0208. The van der Waals surface area contributed by atoms with Crippen LogP contribution in [0.4, 0.5) is 5.69 Å². The Morgan fingerprint density at radius 1 is 1.42 bits per heavy atom. The number of nitrogens with one attached hydrogen (secondary N) is 1. The van der Waals surface area contributed by atoms with Crippen LogP contribution in [0, 0.1) is 0 Å². The number of hydrogen-bond donors (Lipinski definition) is 1. The Labute approximate surface area is 116 Å². The molecule has 1 aliphatic heterocycles. The highest BCUT2D eigenvalue weighted by molar-refractivity contribution is 6.00. The van der Waals surface area contributed by atoms with Gasteiger partial charge in [0.2, 0.25) is 0 Å². The molecule has 1 aliphatic rings. The van der Waals surface area contributed by atoms with E-state index in [9.17, 15) is 4.79 Å². The van der Waals surface area contributed by atoms with Crippen molar-refractivity contribution in [1.29, 1.82) is 0 Å². The Hall–Kier alpha value is -1.51. The van der Waals surface area contributed by atoms with Gasteiger partial charge in [0.25, 0.3) is 5.91 Å². The van der Waals surface area contributed by atoms with Gasteiger partial charge in [0.05, 0.1) is 11.3 Å². The molecular weight excluding hydrogens is 236 g/mol. The molecule has 104 valence electrons. The molecule has 1 fully saturated rings. The number of rotatable bonds is 5. The molecule has 0 saturated carbocycles. The van der Waals surface area contributed by atoms with Crippen LogP contribution in [-0.4, -0.2) is 26.0 Å². The normalized spacial score (nSPS) is 15.8. The third kappa shape index (κ3) is 2.75. The zero-order chi connectivity index (χ0) is 13.8. The van der Waals surface area contributed by atoms with Gasteiger partial charge in [-0.05, 0) is 30.4 Å². The Morgan fingerprint density at radius 2 is 2.16 bits per heavy atom. The van der Waals surface area contributed by atoms with E-state index in [1.165, 1.54) is 18.4 Å². The first-order valence-corrected chi connectivity index (χ1v) is 7.29. The minimum absolute atomic E-state index is 0.0208. The number of carbonyl (C=O) groups excluding carboxylic acids is 1. The highest BCUT2D eigenvalue weighted by atomic mass is 16.1. The zero-order valence-corrected chi connectivity index (χ0v) is 12.2. The van der Waals surface area contributed by atoms with Crippen molar-refractivity contribution in [2.24, 2.45) is 0 Å². The number of amides is 1. The maximum atomic E-state index is 12.1. The molecule has 0 spiro atoms. The van der Waals surface area contributed by atoms with Crippen LogP contribution in [0.15, 0.2) is 18.2 Å². The van der Waals surface area contributed by atoms with E-state index < -0.39 is 0 Å². The predicted molar refractivity (Wildman–Crippen MR) is 80.0 cm³/mol. The first-order chi connectivity index (χ1) is 9.19. The second kappa shape index (κ2) is 6.09. The summed E-state index contributed by atoms with van der Waals surface area (Å²) in [6.07, 6.45) is 3.56. The van der Waals surface area contributed by atoms with Crippen molar-refractivity contribution in [3.8, 4) is 0 Å². The van der Waals surface area contributed by atoms with Crippen LogP contribution < -0.4 is 10.2 Å². The molecule has 1 aromatic rings. The van der Waals surface area contributed by atoms with Crippen molar-refractivity contribution >= 4 is 11.6 Å². The van der Waals surface area contributed by atoms with Gasteiger partial charge in [-0.2, -0.15) is 0 Å². The summed E-state index contributed by atoms with van der Waals surface area (Å²) >= 11 is 0. The van der Waals surface area contributed by atoms with Gasteiger partial charge < -0.3 is 10.2 Å². The van der Waals surface area contributed by atoms with Crippen LogP contribution in [0.5, 0.6) is 0 Å². The van der Waals surface area contributed by atoms with Crippen LogP contribution in [0.25, 0.3) is 0 Å². The van der Waals surface area contributed by atoms with E-state index in [0.717, 1.165) is 30.8 Å². The van der Waals surface area contributed by atoms with Crippen molar-refractivity contribution in [3.05, 3.63) is 29.3 Å². The summed E-state index contributed by atoms with van der Waals surface area (Å²) in [5.41, 5.74) is 3.30. The molecule has 1 atom stereocenters. The molecule has 1 unspecified atom stereocenters. The van der Waals surface area contributed by atoms with E-state index in [1.807, 2.05) is 12.1 Å². The van der Waals surface area contributed by atoms with Gasteiger partial charge in [-0.1, -0.05) is 32.4 Å². The fourth-order valence-electron chi connectivity index (χ4n) is 2.76. The molecular formula is C16H24N2O. The van der Waals surface area contributed by atoms with E-state index in [4.69, 9.17) is 0 Å². The predicted octanol–water partition coefficient (Wildman–Crippen LogP) is 3.16. The molecule has 0 aromatic heterocycles. The van der Waals surface area contributed by atoms with Crippen LogP contribution in [0.2, 0.25) is 0 Å². The highest BCUT2D eigenvalue weighted by Crippen LogP contribution is 2.35. The maximum absolute atomic E-state index is 12.1. The topological polar surface area (TPSA) is 32.3 Å². The third-order valence-electron chi connectivity index (χ3n) is 3.96. The third-order valence-corrected chi connectivity index (χ3v) is 3.96. The highest BCUT2D eigenvalue weighted by Gasteiger charge is 2.25. The lowest BCUT2D eigenvalue weighted by molar-refractivity contribution is 0.0963. The Kier molecular flexibility index (Phi) is 4.46. The quantitative estimate of drug-likeness (QED) is 0.882. The first kappa shape index (κ1) is 13.9. The number of nitrogens with zero attached hydrogens (tertiary/aromatic N) is 1. The van der Waals surface area contributed by atoms with Crippen molar-refractivity contribution in [2.45, 2.75) is 39.0 Å². The summed E-state index contributed by atoms with van der Waals surface area (Å²) in [6, 6.07) is 6.13. The van der Waals surface area contributed by atoms with Crippen molar-refractivity contribution in [1.82, 2.24) is 5.32 Å². The summed E-state index contributed by atoms with van der Waals surface area (Å²) in [4.78, 5) is 14.4. The largest absolute Gasteiger partial charge is 0.371 e. The van der Waals surface area contributed by atoms with Gasteiger partial charge >= 0.3 is 0 Å². The lowest BCUT2D eigenvalue weighted by atomic mass is 9.91. The van der Waals surface area contributed by atoms with Gasteiger partial charge in [-0.25, -0.2) is 0 Å². The standard InChI is InChI=1S/C16H24N2O/c1-4-7-12(2)13-8-5-9-14(16(19)17-3)15(13)18-10-6-11-18/h5,8-9,12H,4,6-7,10-11H2,1-3H3,(H,17,19). The molecule has 2 rings (SSSR count). The Balaban J connectivity index is 2.43. The fourth-order valence-corrected chi connectivity index (χ4v) is 2.76. The molecule has 0 bridgehead atoms. The molecule has 1 aromatic carbocycles. The van der Waals surface area contributed by atoms with E-state index >= 15 is 0 Å². The fraction of sp³-hybridized carbons (Fsp3) is 0.562. The molecule has 0 aliphatic carbocycles. The second-order valence-electron chi connectivity index (χ2n) is 5.35. The smallest absolute Gasteiger partial charge is 0.253 e. The van der Waals surface area contributed by atoms with Gasteiger partial charge in [-0.15, -0.1) is 0 Å². The summed E-state index contributed by atoms with van der Waals surface area (Å²) in [6.45, 7) is 6.61. The van der Waals surface area contributed by atoms with Gasteiger partial charge in [0, 0.05) is 20.1 Å². The number of hydrogen-bond acceptors (Lipinski definition) is 2. The van der Waals surface area contributed by atoms with Crippen LogP contribution in [0.3, 0.4) is 0 Å². The summed E-state index contributed by atoms with van der Waals surface area (Å²) in [7, 11) is 1.70. The summed E-state index contributed by atoms with van der Waals surface area (Å²) in [5, 5.41) is 2.76. The number of benzene rings is 1. The summed E-state index contributed by atoms with van der Waals surface area (Å²) < 4.78 is 0.